The fourth-order valence-corrected chi connectivity index (χ4v) is 3.21. The third-order valence-electron chi connectivity index (χ3n) is 4.65. The monoisotopic (exact) mass is 198 g/mol. The van der Waals surface area contributed by atoms with E-state index < -0.39 is 0 Å². The molecule has 0 radical (unpaired) electrons. The van der Waals surface area contributed by atoms with Crippen LogP contribution in [-0.2, 0) is 0 Å². The minimum Gasteiger partial charge on any atom is -0.324 e. The number of hydrogen-bond donors (Lipinski definition) is 0. The zero-order valence-electron chi connectivity index (χ0n) is 10.6. The fourth-order valence-electron chi connectivity index (χ4n) is 3.21. The van der Waals surface area contributed by atoms with Crippen molar-refractivity contribution in [1.29, 1.82) is 0 Å². The highest BCUT2D eigenvalue weighted by atomic mass is 15.3. The van der Waals surface area contributed by atoms with E-state index in [9.17, 15) is 0 Å². The van der Waals surface area contributed by atoms with Crippen LogP contribution >= 0.6 is 0 Å². The van der Waals surface area contributed by atoms with Crippen LogP contribution in [0, 0.1) is 11.8 Å². The summed E-state index contributed by atoms with van der Waals surface area (Å²) in [7, 11) is 0. The van der Waals surface area contributed by atoms with Crippen molar-refractivity contribution in [2.24, 2.45) is 11.8 Å². The Hall–Kier alpha value is -0.0400. The molecule has 84 valence electrons. The van der Waals surface area contributed by atoms with E-state index in [0.29, 0.717) is 0 Å². The topological polar surface area (TPSA) is 0 Å². The van der Waals surface area contributed by atoms with Crippen LogP contribution in [0.5, 0.6) is 0 Å². The Morgan fingerprint density at radius 1 is 0.929 bits per heavy atom. The Kier molecular flexibility index (Phi) is 4.43. The molecule has 0 aromatic carbocycles. The average molecular weight is 198 g/mol. The molecule has 0 saturated carbocycles. The Bertz CT molecular complexity index is 161. The smallest absolute Gasteiger partial charge is 0.0817 e. The number of piperidine rings is 1. The van der Waals surface area contributed by atoms with Gasteiger partial charge in [0, 0.05) is 5.92 Å². The van der Waals surface area contributed by atoms with Crippen LogP contribution in [-0.4, -0.2) is 30.7 Å². The summed E-state index contributed by atoms with van der Waals surface area (Å²) in [5.41, 5.74) is 0. The van der Waals surface area contributed by atoms with E-state index in [1.165, 1.54) is 49.9 Å². The molecule has 1 heteroatoms. The summed E-state index contributed by atoms with van der Waals surface area (Å²) < 4.78 is 1.38. The van der Waals surface area contributed by atoms with Gasteiger partial charge in [0.25, 0.3) is 0 Å². The highest BCUT2D eigenvalue weighted by molar-refractivity contribution is 4.72. The van der Waals surface area contributed by atoms with Crippen molar-refractivity contribution in [2.75, 3.05) is 26.2 Å². The normalized spacial score (nSPS) is 31.7. The van der Waals surface area contributed by atoms with Crippen LogP contribution in [0.4, 0.5) is 0 Å². The molecule has 14 heavy (non-hydrogen) atoms. The molecule has 0 N–H and O–H groups in total. The van der Waals surface area contributed by atoms with E-state index in [1.807, 2.05) is 0 Å². The lowest BCUT2D eigenvalue weighted by Gasteiger charge is -2.46. The third-order valence-corrected chi connectivity index (χ3v) is 4.65. The predicted octanol–water partition coefficient (Wildman–Crippen LogP) is 3.30. The molecule has 0 aliphatic carbocycles. The average Bonchev–Trinajstić information content (AvgIpc) is 2.28. The molecule has 0 amide bonds. The summed E-state index contributed by atoms with van der Waals surface area (Å²) in [5.74, 6) is 2.01. The predicted molar refractivity (Wildman–Crippen MR) is 63.3 cm³/mol. The van der Waals surface area contributed by atoms with E-state index in [2.05, 4.69) is 27.7 Å². The molecule has 2 atom stereocenters. The van der Waals surface area contributed by atoms with Gasteiger partial charge in [0.2, 0.25) is 0 Å². The van der Waals surface area contributed by atoms with Gasteiger partial charge in [-0.3, -0.25) is 0 Å². The Morgan fingerprint density at radius 2 is 1.50 bits per heavy atom. The molecule has 1 heterocycles. The van der Waals surface area contributed by atoms with Gasteiger partial charge in [0.1, 0.15) is 0 Å². The van der Waals surface area contributed by atoms with Gasteiger partial charge in [0.05, 0.1) is 26.2 Å². The summed E-state index contributed by atoms with van der Waals surface area (Å²) in [5, 5.41) is 0. The van der Waals surface area contributed by atoms with Crippen LogP contribution in [0.25, 0.3) is 0 Å². The van der Waals surface area contributed by atoms with Gasteiger partial charge in [-0.05, 0) is 32.6 Å². The molecule has 0 spiro atoms. The first-order valence-corrected chi connectivity index (χ1v) is 6.56. The molecule has 0 bridgehead atoms. The standard InChI is InChI=1S/C13H28N/c1-5-12-9-10-14(7-3,8-4)11-13(12)6-2/h12-13H,5-11H2,1-4H3/q+1. The molecule has 0 aromatic rings. The lowest BCUT2D eigenvalue weighted by molar-refractivity contribution is -0.934. The fraction of sp³-hybridized carbons (Fsp3) is 1.00. The minimum atomic E-state index is 0.994. The third kappa shape index (κ3) is 2.31. The highest BCUT2D eigenvalue weighted by Gasteiger charge is 2.36. The number of hydrogen-bond acceptors (Lipinski definition) is 0. The van der Waals surface area contributed by atoms with Crippen LogP contribution < -0.4 is 0 Å². The molecular formula is C13H28N+. The van der Waals surface area contributed by atoms with Crippen molar-refractivity contribution in [3.8, 4) is 0 Å². The SMILES string of the molecule is CCC1CC[N+](CC)(CC)CC1CC. The maximum Gasteiger partial charge on any atom is 0.0817 e. The molecule has 1 fully saturated rings. The molecule has 1 aliphatic heterocycles. The summed E-state index contributed by atoms with van der Waals surface area (Å²) in [4.78, 5) is 0. The maximum absolute atomic E-state index is 2.37. The first-order chi connectivity index (χ1) is 6.71. The second-order valence-corrected chi connectivity index (χ2v) is 5.01. The Labute approximate surface area is 90.1 Å². The summed E-state index contributed by atoms with van der Waals surface area (Å²) in [6, 6.07) is 0. The maximum atomic E-state index is 2.37. The summed E-state index contributed by atoms with van der Waals surface area (Å²) in [6.07, 6.45) is 4.25. The molecular weight excluding hydrogens is 170 g/mol. The largest absolute Gasteiger partial charge is 0.324 e. The Morgan fingerprint density at radius 3 is 1.93 bits per heavy atom. The molecule has 2 unspecified atom stereocenters. The van der Waals surface area contributed by atoms with Gasteiger partial charge in [-0.25, -0.2) is 0 Å². The first-order valence-electron chi connectivity index (χ1n) is 6.56. The van der Waals surface area contributed by atoms with E-state index in [4.69, 9.17) is 0 Å². The van der Waals surface area contributed by atoms with Crippen LogP contribution in [0.15, 0.2) is 0 Å². The lowest BCUT2D eigenvalue weighted by Crippen LogP contribution is -2.56. The van der Waals surface area contributed by atoms with Gasteiger partial charge >= 0.3 is 0 Å². The lowest BCUT2D eigenvalue weighted by atomic mass is 9.81. The van der Waals surface area contributed by atoms with Crippen molar-refractivity contribution in [3.05, 3.63) is 0 Å². The second-order valence-electron chi connectivity index (χ2n) is 5.01. The molecule has 0 aromatic heterocycles. The van der Waals surface area contributed by atoms with Crippen LogP contribution in [0.2, 0.25) is 0 Å². The number of rotatable bonds is 4. The van der Waals surface area contributed by atoms with Gasteiger partial charge in [-0.2, -0.15) is 0 Å². The first kappa shape index (κ1) is 12.0. The summed E-state index contributed by atoms with van der Waals surface area (Å²) >= 11 is 0. The van der Waals surface area contributed by atoms with E-state index in [1.54, 1.807) is 0 Å². The highest BCUT2D eigenvalue weighted by Crippen LogP contribution is 2.32. The van der Waals surface area contributed by atoms with Crippen molar-refractivity contribution >= 4 is 0 Å². The van der Waals surface area contributed by atoms with Crippen molar-refractivity contribution in [3.63, 3.8) is 0 Å². The Balaban J connectivity index is 2.63. The van der Waals surface area contributed by atoms with Gasteiger partial charge in [0.15, 0.2) is 0 Å². The van der Waals surface area contributed by atoms with Crippen molar-refractivity contribution in [2.45, 2.75) is 47.0 Å². The molecule has 1 rings (SSSR count). The summed E-state index contributed by atoms with van der Waals surface area (Å²) in [6.45, 7) is 15.0. The molecule has 1 saturated heterocycles. The van der Waals surface area contributed by atoms with Crippen LogP contribution in [0.1, 0.15) is 47.0 Å². The van der Waals surface area contributed by atoms with Crippen molar-refractivity contribution < 1.29 is 4.48 Å². The zero-order valence-corrected chi connectivity index (χ0v) is 10.6. The van der Waals surface area contributed by atoms with E-state index in [0.717, 1.165) is 11.8 Å². The van der Waals surface area contributed by atoms with Gasteiger partial charge < -0.3 is 4.48 Å². The van der Waals surface area contributed by atoms with Gasteiger partial charge in [-0.1, -0.05) is 20.3 Å². The molecule has 1 nitrogen and oxygen atoms in total. The molecule has 1 aliphatic rings. The van der Waals surface area contributed by atoms with Crippen LogP contribution in [0.3, 0.4) is 0 Å². The zero-order chi connectivity index (χ0) is 10.6. The minimum absolute atomic E-state index is 0.994. The quantitative estimate of drug-likeness (QED) is 0.608. The van der Waals surface area contributed by atoms with E-state index in [-0.39, 0.29) is 0 Å². The van der Waals surface area contributed by atoms with Gasteiger partial charge in [-0.15, -0.1) is 0 Å². The number of likely N-dealkylation sites (tertiary alicyclic amines) is 1. The number of quaternary nitrogens is 1. The van der Waals surface area contributed by atoms with E-state index >= 15 is 0 Å². The number of nitrogens with zero attached hydrogens (tertiary/aromatic N) is 1. The second kappa shape index (κ2) is 5.16. The van der Waals surface area contributed by atoms with Crippen molar-refractivity contribution in [1.82, 2.24) is 0 Å².